The Morgan fingerprint density at radius 3 is 1.67 bits per heavy atom. The maximum atomic E-state index is 13.2. The van der Waals surface area contributed by atoms with Crippen LogP contribution >= 0.6 is 0 Å². The molecule has 14 heteroatoms. The van der Waals surface area contributed by atoms with Crippen LogP contribution in [0.15, 0.2) is 48.5 Å². The minimum atomic E-state index is -0.435. The number of nitrogens with zero attached hydrogens (tertiary/aromatic N) is 2. The average Bonchev–Trinajstić information content (AvgIpc) is 3.15. The topological polar surface area (TPSA) is 124 Å². The molecule has 2 heterocycles. The van der Waals surface area contributed by atoms with Gasteiger partial charge in [0.2, 0.25) is 0 Å². The molecule has 3 aromatic rings. The summed E-state index contributed by atoms with van der Waals surface area (Å²) in [5, 5.41) is 1.55. The second kappa shape index (κ2) is 22.1. The van der Waals surface area contributed by atoms with Crippen LogP contribution < -0.4 is 52.9 Å². The summed E-state index contributed by atoms with van der Waals surface area (Å²) in [5.74, 6) is 1.11. The van der Waals surface area contributed by atoms with Crippen LogP contribution in [0.2, 0.25) is 0 Å². The fraction of sp³-hybridized carbons (Fsp3) is 0.574. The summed E-state index contributed by atoms with van der Waals surface area (Å²) in [4.78, 5) is 50.2. The van der Waals surface area contributed by atoms with Gasteiger partial charge in [0.05, 0.1) is 58.0 Å². The molecule has 5 atom stereocenters. The summed E-state index contributed by atoms with van der Waals surface area (Å²) >= 11 is 0. The molecule has 5 rings (SSSR count). The van der Waals surface area contributed by atoms with E-state index in [0.717, 1.165) is 51.9 Å². The molecule has 0 aliphatic carbocycles. The maximum Gasteiger partial charge on any atom is 0.308 e. The van der Waals surface area contributed by atoms with Gasteiger partial charge in [0.1, 0.15) is 48.3 Å². The molecule has 5 unspecified atom stereocenters. The molecule has 61 heavy (non-hydrogen) atoms. The highest BCUT2D eigenvalue weighted by Gasteiger charge is 2.45. The van der Waals surface area contributed by atoms with Crippen molar-refractivity contribution in [2.75, 3.05) is 28.3 Å². The summed E-state index contributed by atoms with van der Waals surface area (Å²) in [6.07, 6.45) is 3.55. The second-order valence-electron chi connectivity index (χ2n) is 17.7. The molecular formula is C47H66Br2N2O10. The van der Waals surface area contributed by atoms with Crippen LogP contribution in [-0.4, -0.2) is 97.5 Å². The molecule has 2 fully saturated rings. The van der Waals surface area contributed by atoms with Crippen LogP contribution in [0.4, 0.5) is 0 Å². The smallest absolute Gasteiger partial charge is 0.308 e. The molecule has 0 N–H and O–H groups in total. The number of hydrogen-bond donors (Lipinski definition) is 0. The number of piperidine rings is 2. The number of hydrogen-bond acceptors (Lipinski definition) is 10. The van der Waals surface area contributed by atoms with E-state index < -0.39 is 11.9 Å². The average molecular weight is 979 g/mol. The van der Waals surface area contributed by atoms with Crippen LogP contribution in [0.3, 0.4) is 0 Å². The summed E-state index contributed by atoms with van der Waals surface area (Å²) in [7, 11) is 7.81. The standard InChI is InChI=1S/C47H66N2O10.2BrH/c1-29(19-47(53)59-41-22-32(4)49(9,33(5)23-41)28-38-25-39(54-10)16-17-43(38)55-11)15-18-46(52)58-40-20-30(2)48(8,31(3)21-40)27-37-24-36-13-12-14-44(56-34(6)50)42(36)26-45(37)57-35(7)51;;/h12-14,16-17,24-26,29-33,40-41H,15,18-23,27-28H2,1-11H3;2*1H/q+2;;/p-2. The minimum absolute atomic E-state index is 0. The predicted molar refractivity (Wildman–Crippen MR) is 225 cm³/mol. The number of carbonyl (C=O) groups is 4. The molecule has 0 spiro atoms. The van der Waals surface area contributed by atoms with Crippen molar-refractivity contribution in [2.45, 2.75) is 143 Å². The lowest BCUT2D eigenvalue weighted by Crippen LogP contribution is -3.00. The molecule has 0 radical (unpaired) electrons. The van der Waals surface area contributed by atoms with Gasteiger partial charge in [-0.1, -0.05) is 19.1 Å². The zero-order chi connectivity index (χ0) is 43.2. The first-order chi connectivity index (χ1) is 27.8. The molecule has 0 amide bonds. The Morgan fingerprint density at radius 1 is 0.656 bits per heavy atom. The van der Waals surface area contributed by atoms with E-state index in [1.54, 1.807) is 26.4 Å². The Hall–Kier alpha value is -3.72. The summed E-state index contributed by atoms with van der Waals surface area (Å²) in [6.45, 7) is 14.9. The Labute approximate surface area is 383 Å². The number of rotatable bonds is 15. The first-order valence-electron chi connectivity index (χ1n) is 21.1. The van der Waals surface area contributed by atoms with Gasteiger partial charge in [-0.05, 0) is 81.8 Å². The number of benzene rings is 3. The summed E-state index contributed by atoms with van der Waals surface area (Å²) in [5.41, 5.74) is 1.96. The van der Waals surface area contributed by atoms with E-state index in [2.05, 4.69) is 41.8 Å². The van der Waals surface area contributed by atoms with Crippen LogP contribution in [0, 0.1) is 5.92 Å². The highest BCUT2D eigenvalue weighted by atomic mass is 79.9. The van der Waals surface area contributed by atoms with Crippen molar-refractivity contribution in [1.29, 1.82) is 0 Å². The Balaban J connectivity index is 0.00000496. The third-order valence-corrected chi connectivity index (χ3v) is 13.4. The zero-order valence-electron chi connectivity index (χ0n) is 37.8. The van der Waals surface area contributed by atoms with Crippen LogP contribution in [0.1, 0.15) is 105 Å². The highest BCUT2D eigenvalue weighted by Crippen LogP contribution is 2.40. The SMILES string of the molecule is COc1ccc(OC)c(C[N+]2(C)C(C)CC(OC(=O)CC(C)CCC(=O)OC3CC(C)[N+](C)(Cc4cc5cccc(OC(C)=O)c5cc4OC(C)=O)C(C)C3)CC2C)c1.[Br-].[Br-]. The van der Waals surface area contributed by atoms with Gasteiger partial charge in [0, 0.05) is 63.3 Å². The number of ether oxygens (including phenoxy) is 6. The first-order valence-corrected chi connectivity index (χ1v) is 21.1. The number of carbonyl (C=O) groups excluding carboxylic acids is 4. The maximum absolute atomic E-state index is 13.2. The van der Waals surface area contributed by atoms with Gasteiger partial charge in [0.15, 0.2) is 0 Å². The monoisotopic (exact) mass is 976 g/mol. The number of halogens is 2. The Morgan fingerprint density at radius 2 is 1.16 bits per heavy atom. The van der Waals surface area contributed by atoms with Crippen molar-refractivity contribution in [3.8, 4) is 23.0 Å². The molecule has 0 saturated carbocycles. The molecule has 2 aliphatic rings. The van der Waals surface area contributed by atoms with Gasteiger partial charge in [-0.25, -0.2) is 0 Å². The van der Waals surface area contributed by atoms with Gasteiger partial charge < -0.3 is 71.4 Å². The van der Waals surface area contributed by atoms with Gasteiger partial charge in [-0.15, -0.1) is 0 Å². The van der Waals surface area contributed by atoms with Gasteiger partial charge in [-0.2, -0.15) is 0 Å². The molecule has 338 valence electrons. The molecule has 2 saturated heterocycles. The van der Waals surface area contributed by atoms with Gasteiger partial charge in [-0.3, -0.25) is 19.2 Å². The predicted octanol–water partition coefficient (Wildman–Crippen LogP) is 2.08. The van der Waals surface area contributed by atoms with E-state index in [1.807, 2.05) is 43.3 Å². The lowest BCUT2D eigenvalue weighted by atomic mass is 9.90. The third-order valence-electron chi connectivity index (χ3n) is 13.4. The number of quaternary nitrogens is 2. The van der Waals surface area contributed by atoms with Crippen molar-refractivity contribution in [1.82, 2.24) is 0 Å². The molecule has 12 nitrogen and oxygen atoms in total. The quantitative estimate of drug-likeness (QED) is 0.127. The van der Waals surface area contributed by atoms with Crippen LogP contribution in [-0.2, 0) is 41.7 Å². The third kappa shape index (κ3) is 12.7. The van der Waals surface area contributed by atoms with Crippen molar-refractivity contribution in [3.63, 3.8) is 0 Å². The van der Waals surface area contributed by atoms with E-state index in [9.17, 15) is 19.2 Å². The number of esters is 4. The van der Waals surface area contributed by atoms with E-state index in [4.69, 9.17) is 28.4 Å². The molecular weight excluding hydrogens is 912 g/mol. The second-order valence-corrected chi connectivity index (χ2v) is 17.7. The fourth-order valence-electron chi connectivity index (χ4n) is 9.27. The zero-order valence-corrected chi connectivity index (χ0v) is 40.9. The van der Waals surface area contributed by atoms with Gasteiger partial charge >= 0.3 is 23.9 Å². The van der Waals surface area contributed by atoms with E-state index in [0.29, 0.717) is 47.2 Å². The van der Waals surface area contributed by atoms with Crippen LogP contribution in [0.5, 0.6) is 23.0 Å². The largest absolute Gasteiger partial charge is 1.00 e. The number of fused-ring (bicyclic) bond motifs is 1. The van der Waals surface area contributed by atoms with Crippen molar-refractivity contribution in [3.05, 3.63) is 59.7 Å². The molecule has 2 aliphatic heterocycles. The van der Waals surface area contributed by atoms with E-state index >= 15 is 0 Å². The first kappa shape index (κ1) is 51.6. The Kier molecular flexibility index (Phi) is 18.7. The molecule has 0 bridgehead atoms. The summed E-state index contributed by atoms with van der Waals surface area (Å²) in [6, 6.07) is 15.9. The van der Waals surface area contributed by atoms with E-state index in [1.165, 1.54) is 13.8 Å². The van der Waals surface area contributed by atoms with Crippen molar-refractivity contribution in [2.24, 2.45) is 5.92 Å². The summed E-state index contributed by atoms with van der Waals surface area (Å²) < 4.78 is 35.9. The van der Waals surface area contributed by atoms with Gasteiger partial charge in [0.25, 0.3) is 0 Å². The highest BCUT2D eigenvalue weighted by molar-refractivity contribution is 5.92. The molecule has 0 aromatic heterocycles. The molecule has 3 aromatic carbocycles. The van der Waals surface area contributed by atoms with Crippen LogP contribution in [0.25, 0.3) is 10.8 Å². The Bertz CT molecular complexity index is 1990. The lowest BCUT2D eigenvalue weighted by Gasteiger charge is -2.50. The number of methoxy groups -OCH3 is 2. The number of likely N-dealkylation sites (tertiary alicyclic amines) is 2. The van der Waals surface area contributed by atoms with E-state index in [-0.39, 0.29) is 101 Å². The fourth-order valence-corrected chi connectivity index (χ4v) is 9.27. The normalized spacial score (nSPS) is 26.4. The van der Waals surface area contributed by atoms with Crippen molar-refractivity contribution < 1.29 is 90.5 Å². The minimum Gasteiger partial charge on any atom is -1.00 e. The lowest BCUT2D eigenvalue weighted by molar-refractivity contribution is -0.971. The van der Waals surface area contributed by atoms with Crippen molar-refractivity contribution >= 4 is 34.6 Å².